The summed E-state index contributed by atoms with van der Waals surface area (Å²) < 4.78 is 43.6. The highest BCUT2D eigenvalue weighted by Crippen LogP contribution is 2.32. The van der Waals surface area contributed by atoms with Gasteiger partial charge in [0.1, 0.15) is 17.7 Å². The van der Waals surface area contributed by atoms with E-state index >= 15 is 0 Å². The number of nitrogens with one attached hydrogen (secondary N) is 2. The van der Waals surface area contributed by atoms with E-state index < -0.39 is 49.8 Å². The Kier molecular flexibility index (Phi) is 7.08. The molecular weight excluding hydrogens is 506 g/mol. The molecule has 4 atom stereocenters. The number of nitrogens with two attached hydrogens (primary N) is 1. The molecule has 2 aromatic heterocycles. The first kappa shape index (κ1) is 21.6. The van der Waals surface area contributed by atoms with Crippen LogP contribution in [0.5, 0.6) is 0 Å². The molecule has 1 saturated heterocycles. The molecule has 4 rings (SSSR count). The number of amides is 1. The van der Waals surface area contributed by atoms with E-state index in [0.717, 1.165) is 11.1 Å². The highest BCUT2D eigenvalue weighted by molar-refractivity contribution is 5.85. The number of anilines is 2. The number of nitrogens with zero attached hydrogens (tertiary/aromatic N) is 4. The number of carbonyl (C=O) groups excluding carboxylic acids is 1. The van der Waals surface area contributed by atoms with Gasteiger partial charge in [-0.25, -0.2) is 4.98 Å². The van der Waals surface area contributed by atoms with Crippen LogP contribution in [0.4, 0.5) is 11.8 Å². The Balaban J connectivity index is 0.00000484. The molecule has 7 N–H and O–H groups in total. The number of aryl methyl sites for hydroxylation is 1. The average Bonchev–Trinajstić information content (AvgIpc) is 3.43. The number of imidazole rings is 1. The number of carboxylic acids is 1. The molecule has 37 heavy (non-hydrogen) atoms. The molecule has 0 unspecified atom stereocenters. The van der Waals surface area contributed by atoms with E-state index in [1.165, 1.54) is 10.9 Å². The Bertz CT molecular complexity index is 1430. The van der Waals surface area contributed by atoms with Crippen molar-refractivity contribution in [3.63, 3.8) is 0 Å². The largest absolute Gasteiger partial charge is 0.481 e. The van der Waals surface area contributed by atoms with Crippen molar-refractivity contribution in [2.45, 2.75) is 50.7 Å². The van der Waals surface area contributed by atoms with E-state index in [4.69, 9.17) is 22.4 Å². The van der Waals surface area contributed by atoms with Gasteiger partial charge in [0.25, 0.3) is 5.91 Å². The number of aliphatic hydroxyl groups is 2. The van der Waals surface area contributed by atoms with Crippen molar-refractivity contribution >= 4 is 47.2 Å². The van der Waals surface area contributed by atoms with Gasteiger partial charge in [-0.15, -0.1) is 12.4 Å². The predicted octanol–water partition coefficient (Wildman–Crippen LogP) is 0.257. The van der Waals surface area contributed by atoms with E-state index in [9.17, 15) is 19.8 Å². The van der Waals surface area contributed by atoms with E-state index in [2.05, 4.69) is 20.3 Å². The topological polar surface area (TPSA) is 198 Å². The Morgan fingerprint density at radius 3 is 2.57 bits per heavy atom. The fourth-order valence-corrected chi connectivity index (χ4v) is 3.88. The third-order valence-electron chi connectivity index (χ3n) is 5.75. The van der Waals surface area contributed by atoms with Crippen LogP contribution in [0.3, 0.4) is 0 Å². The average molecular weight is 541 g/mol. The Labute approximate surface area is 225 Å². The SMILES string of the molecule is Cl.[2H]C([2H])([2H])C([2H])([2H])NC(=O)[C@H]1O[C@@H](n2cnc3c(N)nc(NCCc4ccc(CCC(=O)O)cc4)nc32)[C@H](O)[C@@H]1O. The Morgan fingerprint density at radius 1 is 1.19 bits per heavy atom. The maximum absolute atomic E-state index is 12.6. The van der Waals surface area contributed by atoms with Crippen LogP contribution in [0.1, 0.15) is 37.5 Å². The van der Waals surface area contributed by atoms with Crippen LogP contribution in [-0.4, -0.2) is 78.1 Å². The first-order chi connectivity index (χ1) is 19.2. The number of aliphatic carboxylic acids is 1. The minimum absolute atomic E-state index is 0. The predicted molar refractivity (Wildman–Crippen MR) is 136 cm³/mol. The molecule has 0 aliphatic carbocycles. The van der Waals surface area contributed by atoms with Crippen molar-refractivity contribution in [3.8, 4) is 0 Å². The van der Waals surface area contributed by atoms with Crippen LogP contribution in [0.15, 0.2) is 30.6 Å². The Hall–Kier alpha value is -3.52. The molecular formula is C23H30ClN7O6. The lowest BCUT2D eigenvalue weighted by Crippen LogP contribution is -2.42. The second-order valence-corrected chi connectivity index (χ2v) is 8.19. The first-order valence-corrected chi connectivity index (χ1v) is 11.0. The summed E-state index contributed by atoms with van der Waals surface area (Å²) in [6, 6.07) is 7.52. The maximum Gasteiger partial charge on any atom is 0.303 e. The summed E-state index contributed by atoms with van der Waals surface area (Å²) in [6.45, 7) is -5.89. The number of aliphatic hydroxyl groups excluding tert-OH is 2. The zero-order chi connectivity index (χ0) is 30.1. The fourth-order valence-electron chi connectivity index (χ4n) is 3.88. The number of likely N-dealkylation sites (N-methyl/N-ethyl adjacent to an activating group) is 1. The molecule has 1 aromatic carbocycles. The van der Waals surface area contributed by atoms with Gasteiger partial charge in [-0.2, -0.15) is 9.97 Å². The van der Waals surface area contributed by atoms with Crippen LogP contribution in [0.25, 0.3) is 11.2 Å². The molecule has 1 aliphatic rings. The molecule has 0 radical (unpaired) electrons. The highest BCUT2D eigenvalue weighted by Gasteiger charge is 2.47. The van der Waals surface area contributed by atoms with E-state index in [-0.39, 0.29) is 41.8 Å². The van der Waals surface area contributed by atoms with Crippen LogP contribution < -0.4 is 16.4 Å². The smallest absolute Gasteiger partial charge is 0.303 e. The molecule has 3 heterocycles. The molecule has 200 valence electrons. The number of hydrogen-bond acceptors (Lipinski definition) is 10. The van der Waals surface area contributed by atoms with Crippen molar-refractivity contribution in [2.75, 3.05) is 24.1 Å². The monoisotopic (exact) mass is 540 g/mol. The summed E-state index contributed by atoms with van der Waals surface area (Å²) in [5.74, 6) is -1.99. The molecule has 0 bridgehead atoms. The number of ether oxygens (including phenoxy) is 1. The van der Waals surface area contributed by atoms with Crippen molar-refractivity contribution in [2.24, 2.45) is 0 Å². The fraction of sp³-hybridized carbons (Fsp3) is 0.435. The lowest BCUT2D eigenvalue weighted by molar-refractivity contribution is -0.138. The summed E-state index contributed by atoms with van der Waals surface area (Å²) in [5, 5.41) is 34.6. The summed E-state index contributed by atoms with van der Waals surface area (Å²) in [6.07, 6.45) is -4.41. The minimum atomic E-state index is -3.19. The molecule has 0 saturated carbocycles. The molecule has 13 nitrogen and oxygen atoms in total. The standard InChI is InChI=1S/C23H29N7O6.ClH/c1-2-25-21(35)18-16(33)17(34)22(36-18)30-11-27-15-19(24)28-23(29-20(15)30)26-10-9-13-5-3-12(4-6-13)7-8-14(31)32;/h3-6,11,16-18,22,33-34H,2,7-10H2,1H3,(H,25,35)(H,31,32)(H3,24,26,28,29);1H/t16-,17+,18-,22+;/m0./s1/i1D3,2D2;. The molecule has 14 heteroatoms. The second-order valence-electron chi connectivity index (χ2n) is 8.19. The van der Waals surface area contributed by atoms with Crippen molar-refractivity contribution in [1.82, 2.24) is 24.8 Å². The minimum Gasteiger partial charge on any atom is -0.481 e. The van der Waals surface area contributed by atoms with Crippen LogP contribution in [0, 0.1) is 0 Å². The molecule has 3 aromatic rings. The van der Waals surface area contributed by atoms with Crippen LogP contribution >= 0.6 is 12.4 Å². The number of carboxylic acid groups (broad SMARTS) is 1. The number of benzene rings is 1. The number of carbonyl (C=O) groups is 2. The zero-order valence-electron chi connectivity index (χ0n) is 24.4. The number of nitrogen functional groups attached to an aromatic ring is 1. The second kappa shape index (κ2) is 12.1. The summed E-state index contributed by atoms with van der Waals surface area (Å²) in [5.41, 5.74) is 8.21. The number of halogens is 1. The number of fused-ring (bicyclic) bond motifs is 1. The first-order valence-electron chi connectivity index (χ1n) is 13.5. The van der Waals surface area contributed by atoms with Gasteiger partial charge in [-0.1, -0.05) is 24.3 Å². The van der Waals surface area contributed by atoms with E-state index in [1.807, 2.05) is 24.3 Å². The summed E-state index contributed by atoms with van der Waals surface area (Å²) >= 11 is 0. The van der Waals surface area contributed by atoms with Gasteiger partial charge < -0.3 is 36.4 Å². The van der Waals surface area contributed by atoms with Gasteiger partial charge in [-0.05, 0) is 30.8 Å². The van der Waals surface area contributed by atoms with Crippen molar-refractivity contribution in [1.29, 1.82) is 0 Å². The molecule has 0 spiro atoms. The summed E-state index contributed by atoms with van der Waals surface area (Å²) in [4.78, 5) is 36.0. The number of hydrogen-bond donors (Lipinski definition) is 6. The highest BCUT2D eigenvalue weighted by atomic mass is 35.5. The maximum atomic E-state index is 12.6. The third-order valence-corrected chi connectivity index (χ3v) is 5.75. The third kappa shape index (κ3) is 6.25. The van der Waals surface area contributed by atoms with Gasteiger partial charge in [0.15, 0.2) is 23.8 Å². The molecule has 1 aliphatic heterocycles. The Morgan fingerprint density at radius 2 is 1.89 bits per heavy atom. The lowest BCUT2D eigenvalue weighted by Gasteiger charge is -2.16. The quantitative estimate of drug-likeness (QED) is 0.206. The lowest BCUT2D eigenvalue weighted by atomic mass is 10.1. The van der Waals surface area contributed by atoms with Gasteiger partial charge >= 0.3 is 5.97 Å². The van der Waals surface area contributed by atoms with Crippen molar-refractivity contribution in [3.05, 3.63) is 41.7 Å². The van der Waals surface area contributed by atoms with Gasteiger partial charge in [0.2, 0.25) is 5.95 Å². The summed E-state index contributed by atoms with van der Waals surface area (Å²) in [7, 11) is 0. The molecule has 1 fully saturated rings. The van der Waals surface area contributed by atoms with Gasteiger partial charge in [0, 0.05) is 26.3 Å². The van der Waals surface area contributed by atoms with Gasteiger partial charge in [0.05, 0.1) is 6.33 Å². The van der Waals surface area contributed by atoms with Crippen molar-refractivity contribution < 1.29 is 36.5 Å². The van der Waals surface area contributed by atoms with Crippen LogP contribution in [0.2, 0.25) is 0 Å². The van der Waals surface area contributed by atoms with Crippen LogP contribution in [-0.2, 0) is 27.2 Å². The zero-order valence-corrected chi connectivity index (χ0v) is 20.2. The van der Waals surface area contributed by atoms with E-state index in [1.54, 1.807) is 5.32 Å². The number of rotatable bonds is 10. The number of aromatic nitrogens is 4. The van der Waals surface area contributed by atoms with E-state index in [0.29, 0.717) is 19.4 Å². The molecule has 1 amide bonds. The normalized spacial score (nSPS) is 23.7. The van der Waals surface area contributed by atoms with Gasteiger partial charge in [-0.3, -0.25) is 14.2 Å².